The average Bonchev–Trinajstić information content (AvgIpc) is 2.58. The average molecular weight is 295 g/mol. The molecule has 118 valence electrons. The van der Waals surface area contributed by atoms with E-state index < -0.39 is 0 Å². The van der Waals surface area contributed by atoms with Crippen molar-refractivity contribution in [1.29, 1.82) is 0 Å². The molecule has 0 amide bonds. The second kappa shape index (κ2) is 7.67. The maximum absolute atomic E-state index is 2.66. The van der Waals surface area contributed by atoms with E-state index in [0.29, 0.717) is 0 Å². The van der Waals surface area contributed by atoms with Crippen LogP contribution in [0.4, 0.5) is 0 Å². The van der Waals surface area contributed by atoms with Crippen molar-refractivity contribution in [3.63, 3.8) is 0 Å². The van der Waals surface area contributed by atoms with E-state index in [9.17, 15) is 0 Å². The van der Waals surface area contributed by atoms with Crippen LogP contribution in [0.15, 0.2) is 47.2 Å². The molecule has 0 saturated carbocycles. The van der Waals surface area contributed by atoms with E-state index in [1.165, 1.54) is 75.7 Å². The minimum atomic E-state index is 1.22. The zero-order chi connectivity index (χ0) is 15.2. The zero-order valence-corrected chi connectivity index (χ0v) is 14.0. The molecule has 1 aliphatic heterocycles. The summed E-state index contributed by atoms with van der Waals surface area (Å²) >= 11 is 0. The standard InChI is InChI=1S/C21H29N/c1-2-3-9-15-22-16-14-19-12-7-8-13-20(19)21(22)17-18-10-5-4-6-11-18/h4-6,10-11,17H,2-3,7-9,12-16H2,1H3. The number of hydrogen-bond acceptors (Lipinski definition) is 1. The zero-order valence-electron chi connectivity index (χ0n) is 14.0. The second-order valence-electron chi connectivity index (χ2n) is 6.67. The van der Waals surface area contributed by atoms with Crippen LogP contribution in [0.25, 0.3) is 6.08 Å². The lowest BCUT2D eigenvalue weighted by Gasteiger charge is -2.37. The molecule has 0 radical (unpaired) electrons. The van der Waals surface area contributed by atoms with E-state index in [-0.39, 0.29) is 0 Å². The van der Waals surface area contributed by atoms with Crippen LogP contribution >= 0.6 is 0 Å². The van der Waals surface area contributed by atoms with Gasteiger partial charge in [-0.05, 0) is 55.7 Å². The van der Waals surface area contributed by atoms with Gasteiger partial charge in [0.05, 0.1) is 0 Å². The van der Waals surface area contributed by atoms with E-state index in [4.69, 9.17) is 0 Å². The van der Waals surface area contributed by atoms with E-state index in [1.54, 1.807) is 11.1 Å². The van der Waals surface area contributed by atoms with Crippen LogP contribution in [0.5, 0.6) is 0 Å². The molecule has 0 N–H and O–H groups in total. The van der Waals surface area contributed by atoms with Crippen molar-refractivity contribution >= 4 is 6.08 Å². The highest BCUT2D eigenvalue weighted by Gasteiger charge is 2.24. The molecule has 22 heavy (non-hydrogen) atoms. The molecule has 3 rings (SSSR count). The van der Waals surface area contributed by atoms with Crippen LogP contribution in [0.3, 0.4) is 0 Å². The maximum Gasteiger partial charge on any atom is 0.0404 e. The predicted molar refractivity (Wildman–Crippen MR) is 95.6 cm³/mol. The summed E-state index contributed by atoms with van der Waals surface area (Å²) in [5, 5.41) is 0. The van der Waals surface area contributed by atoms with Gasteiger partial charge in [-0.2, -0.15) is 0 Å². The third kappa shape index (κ3) is 3.63. The van der Waals surface area contributed by atoms with Crippen molar-refractivity contribution in [3.05, 3.63) is 52.7 Å². The van der Waals surface area contributed by atoms with E-state index in [2.05, 4.69) is 48.2 Å². The smallest absolute Gasteiger partial charge is 0.0404 e. The molecular weight excluding hydrogens is 266 g/mol. The Kier molecular flexibility index (Phi) is 5.37. The van der Waals surface area contributed by atoms with Gasteiger partial charge in [-0.1, -0.05) is 55.7 Å². The fourth-order valence-corrected chi connectivity index (χ4v) is 3.80. The molecule has 0 fully saturated rings. The van der Waals surface area contributed by atoms with Gasteiger partial charge >= 0.3 is 0 Å². The Morgan fingerprint density at radius 3 is 2.64 bits per heavy atom. The normalized spacial score (nSPS) is 20.4. The highest BCUT2D eigenvalue weighted by atomic mass is 15.1. The second-order valence-corrected chi connectivity index (χ2v) is 6.67. The first kappa shape index (κ1) is 15.4. The van der Waals surface area contributed by atoms with Gasteiger partial charge in [0.2, 0.25) is 0 Å². The first-order valence-corrected chi connectivity index (χ1v) is 9.11. The van der Waals surface area contributed by atoms with Gasteiger partial charge in [-0.3, -0.25) is 0 Å². The molecule has 1 aromatic carbocycles. The van der Waals surface area contributed by atoms with Crippen molar-refractivity contribution in [2.45, 2.75) is 58.3 Å². The van der Waals surface area contributed by atoms with Gasteiger partial charge in [0.25, 0.3) is 0 Å². The third-order valence-electron chi connectivity index (χ3n) is 5.05. The van der Waals surface area contributed by atoms with Crippen molar-refractivity contribution in [3.8, 4) is 0 Å². The molecule has 1 nitrogen and oxygen atoms in total. The van der Waals surface area contributed by atoms with Crippen LogP contribution in [0, 0.1) is 0 Å². The molecule has 2 aliphatic rings. The Morgan fingerprint density at radius 1 is 1.00 bits per heavy atom. The molecule has 0 atom stereocenters. The Bertz CT molecular complexity index is 538. The largest absolute Gasteiger partial charge is 0.371 e. The topological polar surface area (TPSA) is 3.24 Å². The van der Waals surface area contributed by atoms with Gasteiger partial charge in [0, 0.05) is 18.8 Å². The predicted octanol–water partition coefficient (Wildman–Crippen LogP) is 5.79. The number of allylic oxidation sites excluding steroid dienone is 1. The third-order valence-corrected chi connectivity index (χ3v) is 5.05. The molecule has 1 heteroatoms. The molecule has 0 bridgehead atoms. The Balaban J connectivity index is 1.87. The molecular formula is C21H29N. The molecule has 1 heterocycles. The van der Waals surface area contributed by atoms with Gasteiger partial charge in [0.15, 0.2) is 0 Å². The number of benzene rings is 1. The monoisotopic (exact) mass is 295 g/mol. The summed E-state index contributed by atoms with van der Waals surface area (Å²) in [5.74, 6) is 0. The molecule has 0 aromatic heterocycles. The molecule has 1 aromatic rings. The maximum atomic E-state index is 2.66. The lowest BCUT2D eigenvalue weighted by Crippen LogP contribution is -2.31. The molecule has 1 aliphatic carbocycles. The summed E-state index contributed by atoms with van der Waals surface area (Å²) in [6.07, 6.45) is 13.1. The Hall–Kier alpha value is -1.50. The fourth-order valence-electron chi connectivity index (χ4n) is 3.80. The van der Waals surface area contributed by atoms with Crippen LogP contribution in [-0.2, 0) is 0 Å². The summed E-state index contributed by atoms with van der Waals surface area (Å²) in [6, 6.07) is 10.9. The lowest BCUT2D eigenvalue weighted by molar-refractivity contribution is 0.324. The highest BCUT2D eigenvalue weighted by Crippen LogP contribution is 2.38. The van der Waals surface area contributed by atoms with Gasteiger partial charge < -0.3 is 4.90 Å². The highest BCUT2D eigenvalue weighted by molar-refractivity contribution is 5.59. The van der Waals surface area contributed by atoms with Gasteiger partial charge in [-0.15, -0.1) is 0 Å². The van der Waals surface area contributed by atoms with E-state index >= 15 is 0 Å². The molecule has 0 saturated heterocycles. The Labute approximate surface area is 135 Å². The summed E-state index contributed by atoms with van der Waals surface area (Å²) in [7, 11) is 0. The minimum absolute atomic E-state index is 1.22. The van der Waals surface area contributed by atoms with E-state index in [1.807, 2.05) is 0 Å². The van der Waals surface area contributed by atoms with Crippen molar-refractivity contribution in [2.75, 3.05) is 13.1 Å². The number of nitrogens with zero attached hydrogens (tertiary/aromatic N) is 1. The fraction of sp³-hybridized carbons (Fsp3) is 0.524. The summed E-state index contributed by atoms with van der Waals surface area (Å²) < 4.78 is 0. The summed E-state index contributed by atoms with van der Waals surface area (Å²) in [4.78, 5) is 2.66. The number of hydrogen-bond donors (Lipinski definition) is 0. The van der Waals surface area contributed by atoms with Crippen LogP contribution in [-0.4, -0.2) is 18.0 Å². The van der Waals surface area contributed by atoms with Crippen molar-refractivity contribution in [1.82, 2.24) is 4.90 Å². The van der Waals surface area contributed by atoms with Crippen LogP contribution in [0.2, 0.25) is 0 Å². The van der Waals surface area contributed by atoms with Gasteiger partial charge in [-0.25, -0.2) is 0 Å². The van der Waals surface area contributed by atoms with Crippen LogP contribution in [0.1, 0.15) is 63.9 Å². The minimum Gasteiger partial charge on any atom is -0.371 e. The lowest BCUT2D eigenvalue weighted by atomic mass is 9.84. The molecule has 0 unspecified atom stereocenters. The van der Waals surface area contributed by atoms with E-state index in [0.717, 1.165) is 0 Å². The number of unbranched alkanes of at least 4 members (excludes halogenated alkanes) is 2. The first-order chi connectivity index (χ1) is 10.9. The summed E-state index contributed by atoms with van der Waals surface area (Å²) in [6.45, 7) is 4.74. The van der Waals surface area contributed by atoms with Crippen molar-refractivity contribution < 1.29 is 0 Å². The van der Waals surface area contributed by atoms with Crippen LogP contribution < -0.4 is 0 Å². The Morgan fingerprint density at radius 2 is 1.82 bits per heavy atom. The van der Waals surface area contributed by atoms with Gasteiger partial charge in [0.1, 0.15) is 0 Å². The van der Waals surface area contributed by atoms with Crippen molar-refractivity contribution in [2.24, 2.45) is 0 Å². The SMILES string of the molecule is CCCCCN1CCC2=C(CCCC2)C1=Cc1ccccc1. The summed E-state index contributed by atoms with van der Waals surface area (Å²) in [5.41, 5.74) is 6.30. The quantitative estimate of drug-likeness (QED) is 0.621. The first-order valence-electron chi connectivity index (χ1n) is 9.11. The molecule has 0 spiro atoms. The number of rotatable bonds is 5.